The molecule has 0 amide bonds. The molecule has 2 heterocycles. The topological polar surface area (TPSA) is 74.0 Å². The third kappa shape index (κ3) is 4.75. The number of nitrogens with zero attached hydrogens (tertiary/aromatic N) is 1. The van der Waals surface area contributed by atoms with Crippen LogP contribution < -0.4 is 15.2 Å². The molecule has 3 unspecified atom stereocenters. The molecule has 2 aliphatic heterocycles. The predicted octanol–water partition coefficient (Wildman–Crippen LogP) is 3.56. The van der Waals surface area contributed by atoms with Crippen LogP contribution in [0.4, 0.5) is 0 Å². The Balaban J connectivity index is 2.52. The number of ether oxygens (including phenoxy) is 3. The lowest BCUT2D eigenvalue weighted by atomic mass is 9.79. The van der Waals surface area contributed by atoms with Gasteiger partial charge >= 0.3 is 5.97 Å². The average Bonchev–Trinajstić information content (AvgIpc) is 2.90. The SMILES string of the molecule is [2H]c1c(OC)c(OC)c([2H])c2c1C1N(C([2H])([2H])C2([2H])[2H])C([2H])([2H])C([2H])(CC(C)C)C(OC(=O)[C@@]([2H])(N)C([2H])(C([2H])([2H])[2H])C([2H])([2H])[2H])C1([2H])[2H]. The van der Waals surface area contributed by atoms with E-state index in [1.54, 1.807) is 0 Å². The number of hydrogen-bond donors (Lipinski definition) is 1. The highest BCUT2D eigenvalue weighted by Crippen LogP contribution is 2.44. The summed E-state index contributed by atoms with van der Waals surface area (Å²) in [6, 6.07) is -8.34. The minimum atomic E-state index is -4.12. The summed E-state index contributed by atoms with van der Waals surface area (Å²) in [4.78, 5) is 13.8. The van der Waals surface area contributed by atoms with Crippen molar-refractivity contribution in [2.75, 3.05) is 27.2 Å². The lowest BCUT2D eigenvalue weighted by Gasteiger charge is -2.47. The number of fused-ring (bicyclic) bond motifs is 3. The lowest BCUT2D eigenvalue weighted by Crippen LogP contribution is -2.51. The molecule has 6 nitrogen and oxygen atoms in total. The van der Waals surface area contributed by atoms with E-state index in [-0.39, 0.29) is 4.90 Å². The Morgan fingerprint density at radius 2 is 2.10 bits per heavy atom. The molecule has 168 valence electrons. The number of carbonyl (C=O) groups excluding carboxylic acids is 1. The fourth-order valence-electron chi connectivity index (χ4n) is 3.06. The molecule has 1 fully saturated rings. The van der Waals surface area contributed by atoms with Crippen LogP contribution in [0, 0.1) is 17.7 Å². The van der Waals surface area contributed by atoms with E-state index in [4.69, 9.17) is 39.1 Å². The summed E-state index contributed by atoms with van der Waals surface area (Å²) in [5.41, 5.74) is 3.89. The summed E-state index contributed by atoms with van der Waals surface area (Å²) >= 11 is 0. The van der Waals surface area contributed by atoms with E-state index >= 15 is 0 Å². The summed E-state index contributed by atoms with van der Waals surface area (Å²) in [5, 5.41) is 0. The van der Waals surface area contributed by atoms with Gasteiger partial charge in [0.2, 0.25) is 0 Å². The van der Waals surface area contributed by atoms with Crippen molar-refractivity contribution in [3.05, 3.63) is 23.2 Å². The molecule has 0 spiro atoms. The molecule has 0 bridgehead atoms. The summed E-state index contributed by atoms with van der Waals surface area (Å²) in [7, 11) is 2.07. The minimum Gasteiger partial charge on any atom is -0.493 e. The van der Waals surface area contributed by atoms with Crippen molar-refractivity contribution < 1.29 is 45.0 Å². The van der Waals surface area contributed by atoms with Crippen LogP contribution in [0.2, 0.25) is 0 Å². The molecule has 3 rings (SSSR count). The third-order valence-corrected chi connectivity index (χ3v) is 4.44. The Labute approximate surface area is 207 Å². The predicted molar refractivity (Wildman–Crippen MR) is 118 cm³/mol. The number of hydrogen-bond acceptors (Lipinski definition) is 6. The summed E-state index contributed by atoms with van der Waals surface area (Å²) in [6.45, 7) is -12.2. The van der Waals surface area contributed by atoms with Gasteiger partial charge in [0.15, 0.2) is 11.5 Å². The number of esters is 1. The van der Waals surface area contributed by atoms with Gasteiger partial charge < -0.3 is 19.9 Å². The first-order valence-corrected chi connectivity index (χ1v) is 9.18. The monoisotopic (exact) mass is 437 g/mol. The minimum absolute atomic E-state index is 0.0570. The van der Waals surface area contributed by atoms with Crippen LogP contribution in [-0.2, 0) is 15.9 Å². The standard InChI is InChI=1S/C24H38N2O4/c1-14(2)9-17-13-26-8-7-16-10-21(28-5)22(29-6)11-18(16)19(26)12-20(17)30-24(27)23(25)15(3)4/h10-11,14-15,17,19-20,23H,7-9,12-13,25H2,1-6H3/t17?,19?,20?,23-/m0/s1/i3D3,4D3,7D2,8D2,10D,11D,12D2,13D2,15D,17D,23D. The molecule has 0 saturated carbocycles. The molecule has 0 aliphatic carbocycles. The van der Waals surface area contributed by atoms with Crippen LogP contribution in [-0.4, -0.2) is 50.2 Å². The van der Waals surface area contributed by atoms with E-state index < -0.39 is 122 Å². The molecule has 0 radical (unpaired) electrons. The molecule has 2 N–H and O–H groups in total. The van der Waals surface area contributed by atoms with Gasteiger partial charge in [0, 0.05) is 53.2 Å². The van der Waals surface area contributed by atoms with Crippen molar-refractivity contribution in [2.24, 2.45) is 23.4 Å². The van der Waals surface area contributed by atoms with Gasteiger partial charge in [0.1, 0.15) is 12.1 Å². The molecule has 4 atom stereocenters. The highest BCUT2D eigenvalue weighted by molar-refractivity contribution is 5.76. The quantitative estimate of drug-likeness (QED) is 0.658. The van der Waals surface area contributed by atoms with E-state index in [2.05, 4.69) is 0 Å². The van der Waals surface area contributed by atoms with Crippen molar-refractivity contribution in [3.63, 3.8) is 0 Å². The zero-order chi connectivity index (χ0) is 38.7. The second-order valence-electron chi connectivity index (χ2n) is 7.09. The van der Waals surface area contributed by atoms with Crippen LogP contribution in [0.15, 0.2) is 12.1 Å². The number of rotatable bonds is 7. The zero-order valence-electron chi connectivity index (χ0n) is 36.1. The maximum atomic E-state index is 13.7. The number of nitrogens with two attached hydrogens (primary N) is 1. The highest BCUT2D eigenvalue weighted by atomic mass is 16.5. The fraction of sp³-hybridized carbons (Fsp3) is 0.708. The van der Waals surface area contributed by atoms with E-state index in [0.29, 0.717) is 0 Å². The van der Waals surface area contributed by atoms with Crippen LogP contribution in [0.1, 0.15) is 83.6 Å². The second-order valence-corrected chi connectivity index (χ2v) is 7.09. The molecular weight excluding hydrogens is 380 g/mol. The first-order valence-electron chi connectivity index (χ1n) is 18.7. The largest absolute Gasteiger partial charge is 0.493 e. The molecule has 2 aliphatic rings. The molecule has 1 aromatic carbocycles. The fourth-order valence-corrected chi connectivity index (χ4v) is 3.06. The lowest BCUT2D eigenvalue weighted by molar-refractivity contribution is -0.160. The molecule has 6 heteroatoms. The number of piperidine rings is 1. The first-order chi connectivity index (χ1) is 21.6. The van der Waals surface area contributed by atoms with Crippen molar-refractivity contribution in [1.29, 1.82) is 0 Å². The Morgan fingerprint density at radius 1 is 1.40 bits per heavy atom. The van der Waals surface area contributed by atoms with Gasteiger partial charge in [-0.25, -0.2) is 0 Å². The average molecular weight is 438 g/mol. The summed E-state index contributed by atoms with van der Waals surface area (Å²) < 4.78 is 178. The van der Waals surface area contributed by atoms with Gasteiger partial charge in [0.05, 0.1) is 18.3 Å². The van der Waals surface area contributed by atoms with Crippen molar-refractivity contribution in [1.82, 2.24) is 4.90 Å². The van der Waals surface area contributed by atoms with Crippen LogP contribution in [0.25, 0.3) is 0 Å². The van der Waals surface area contributed by atoms with E-state index in [1.165, 1.54) is 13.8 Å². The second kappa shape index (κ2) is 9.56. The van der Waals surface area contributed by atoms with E-state index in [9.17, 15) is 11.6 Å². The zero-order valence-corrected chi connectivity index (χ0v) is 17.1. The van der Waals surface area contributed by atoms with Crippen molar-refractivity contribution in [2.45, 2.75) is 64.9 Å². The highest BCUT2D eigenvalue weighted by Gasteiger charge is 2.41. The van der Waals surface area contributed by atoms with Gasteiger partial charge in [0.25, 0.3) is 0 Å². The molecule has 1 saturated heterocycles. The summed E-state index contributed by atoms with van der Waals surface area (Å²) in [6.07, 6.45) is -10.5. The Kier molecular flexibility index (Phi) is 2.75. The third-order valence-electron chi connectivity index (χ3n) is 4.44. The Morgan fingerprint density at radius 3 is 2.73 bits per heavy atom. The van der Waals surface area contributed by atoms with Crippen molar-refractivity contribution >= 4 is 5.97 Å². The molecule has 30 heavy (non-hydrogen) atoms. The number of methoxy groups -OCH3 is 2. The normalized spacial score (nSPS) is 45.6. The number of carbonyl (C=O) groups is 1. The van der Waals surface area contributed by atoms with Gasteiger partial charge in [-0.05, 0) is 47.8 Å². The first kappa shape index (κ1) is 8.62. The van der Waals surface area contributed by atoms with Crippen LogP contribution >= 0.6 is 0 Å². The Hall–Kier alpha value is -1.79. The van der Waals surface area contributed by atoms with Gasteiger partial charge in [-0.2, -0.15) is 0 Å². The summed E-state index contributed by atoms with van der Waals surface area (Å²) in [5.74, 6) is -11.5. The van der Waals surface area contributed by atoms with Gasteiger partial charge in [-0.3, -0.25) is 9.69 Å². The number of benzene rings is 1. The van der Waals surface area contributed by atoms with Gasteiger partial charge in [-0.15, -0.1) is 0 Å². The van der Waals surface area contributed by atoms with Crippen LogP contribution in [0.5, 0.6) is 11.5 Å². The maximum Gasteiger partial charge on any atom is 0.323 e. The molecular formula is C24H38N2O4. The van der Waals surface area contributed by atoms with Gasteiger partial charge in [-0.1, -0.05) is 27.6 Å². The maximum absolute atomic E-state index is 13.7. The van der Waals surface area contributed by atoms with Crippen LogP contribution in [0.3, 0.4) is 0 Å². The van der Waals surface area contributed by atoms with E-state index in [1.807, 2.05) is 0 Å². The molecule has 0 aromatic heterocycles. The molecule has 1 aromatic rings. The Bertz CT molecular complexity index is 1480. The van der Waals surface area contributed by atoms with E-state index in [0.717, 1.165) is 14.2 Å². The smallest absolute Gasteiger partial charge is 0.323 e. The van der Waals surface area contributed by atoms with Crippen molar-refractivity contribution in [3.8, 4) is 11.5 Å².